The fourth-order valence-corrected chi connectivity index (χ4v) is 2.15. The molecule has 0 saturated heterocycles. The molecule has 88 valence electrons. The molecular weight excluding hydrogens is 190 g/mol. The lowest BCUT2D eigenvalue weighted by molar-refractivity contribution is -0.121. The molecule has 3 heteroatoms. The monoisotopic (exact) mass is 213 g/mol. The van der Waals surface area contributed by atoms with Gasteiger partial charge in [0.05, 0.1) is 6.10 Å². The van der Waals surface area contributed by atoms with Gasteiger partial charge in [0, 0.05) is 13.0 Å². The van der Waals surface area contributed by atoms with E-state index in [-0.39, 0.29) is 12.0 Å². The molecule has 1 aliphatic carbocycles. The zero-order chi connectivity index (χ0) is 11.1. The van der Waals surface area contributed by atoms with E-state index in [1.54, 1.807) is 0 Å². The summed E-state index contributed by atoms with van der Waals surface area (Å²) in [5.41, 5.74) is 0. The predicted molar refractivity (Wildman–Crippen MR) is 60.5 cm³/mol. The summed E-state index contributed by atoms with van der Waals surface area (Å²) < 4.78 is 0. The summed E-state index contributed by atoms with van der Waals surface area (Å²) in [6, 6.07) is 0. The molecule has 1 atom stereocenters. The first-order chi connectivity index (χ1) is 7.24. The molecule has 0 aromatic heterocycles. The smallest absolute Gasteiger partial charge is 0.220 e. The van der Waals surface area contributed by atoms with Crippen molar-refractivity contribution in [2.75, 3.05) is 6.54 Å². The SMILES string of the molecule is CCCCC(=O)NCC(O)C1CCCC1. The van der Waals surface area contributed by atoms with Gasteiger partial charge in [0.2, 0.25) is 5.91 Å². The van der Waals surface area contributed by atoms with Gasteiger partial charge in [-0.2, -0.15) is 0 Å². The number of amides is 1. The van der Waals surface area contributed by atoms with Gasteiger partial charge in [0.15, 0.2) is 0 Å². The molecule has 1 aliphatic rings. The van der Waals surface area contributed by atoms with Gasteiger partial charge in [0.1, 0.15) is 0 Å². The lowest BCUT2D eigenvalue weighted by Crippen LogP contribution is -2.35. The summed E-state index contributed by atoms with van der Waals surface area (Å²) in [6.07, 6.45) is 6.92. The highest BCUT2D eigenvalue weighted by Gasteiger charge is 2.23. The van der Waals surface area contributed by atoms with Gasteiger partial charge >= 0.3 is 0 Å². The Morgan fingerprint density at radius 3 is 2.73 bits per heavy atom. The normalized spacial score (nSPS) is 19.1. The maximum Gasteiger partial charge on any atom is 0.220 e. The van der Waals surface area contributed by atoms with Crippen molar-refractivity contribution < 1.29 is 9.90 Å². The number of aliphatic hydroxyl groups excluding tert-OH is 1. The number of nitrogens with one attached hydrogen (secondary N) is 1. The third-order valence-electron chi connectivity index (χ3n) is 3.21. The van der Waals surface area contributed by atoms with Crippen LogP contribution in [-0.2, 0) is 4.79 Å². The maximum atomic E-state index is 11.3. The summed E-state index contributed by atoms with van der Waals surface area (Å²) in [5.74, 6) is 0.491. The van der Waals surface area contributed by atoms with Gasteiger partial charge in [-0.25, -0.2) is 0 Å². The Balaban J connectivity index is 2.09. The highest BCUT2D eigenvalue weighted by molar-refractivity contribution is 5.75. The van der Waals surface area contributed by atoms with Crippen molar-refractivity contribution in [1.82, 2.24) is 5.32 Å². The number of carbonyl (C=O) groups is 1. The summed E-state index contributed by atoms with van der Waals surface area (Å²) >= 11 is 0. The van der Waals surface area contributed by atoms with Crippen LogP contribution in [0.4, 0.5) is 0 Å². The van der Waals surface area contributed by atoms with Gasteiger partial charge in [-0.3, -0.25) is 4.79 Å². The summed E-state index contributed by atoms with van der Waals surface area (Å²) in [7, 11) is 0. The summed E-state index contributed by atoms with van der Waals surface area (Å²) in [5, 5.41) is 12.6. The number of hydrogen-bond acceptors (Lipinski definition) is 2. The summed E-state index contributed by atoms with van der Waals surface area (Å²) in [6.45, 7) is 2.51. The molecule has 1 fully saturated rings. The third-order valence-corrected chi connectivity index (χ3v) is 3.21. The third kappa shape index (κ3) is 4.65. The fraction of sp³-hybridized carbons (Fsp3) is 0.917. The average Bonchev–Trinajstić information content (AvgIpc) is 2.76. The van der Waals surface area contributed by atoms with Crippen molar-refractivity contribution in [3.63, 3.8) is 0 Å². The first kappa shape index (κ1) is 12.5. The Hall–Kier alpha value is -0.570. The Morgan fingerprint density at radius 2 is 2.13 bits per heavy atom. The first-order valence-corrected chi connectivity index (χ1v) is 6.18. The largest absolute Gasteiger partial charge is 0.391 e. The Morgan fingerprint density at radius 1 is 1.47 bits per heavy atom. The molecule has 1 rings (SSSR count). The minimum absolute atomic E-state index is 0.0777. The van der Waals surface area contributed by atoms with Crippen LogP contribution in [0.15, 0.2) is 0 Å². The van der Waals surface area contributed by atoms with Crippen molar-refractivity contribution in [2.24, 2.45) is 5.92 Å². The first-order valence-electron chi connectivity index (χ1n) is 6.18. The topological polar surface area (TPSA) is 49.3 Å². The lowest BCUT2D eigenvalue weighted by atomic mass is 10.0. The molecule has 2 N–H and O–H groups in total. The molecule has 0 radical (unpaired) electrons. The average molecular weight is 213 g/mol. The van der Waals surface area contributed by atoms with Crippen LogP contribution in [0.1, 0.15) is 51.9 Å². The molecule has 0 bridgehead atoms. The number of carbonyl (C=O) groups excluding carboxylic acids is 1. The number of unbranched alkanes of at least 4 members (excludes halogenated alkanes) is 1. The van der Waals surface area contributed by atoms with Crippen molar-refractivity contribution in [1.29, 1.82) is 0 Å². The van der Waals surface area contributed by atoms with Gasteiger partial charge in [-0.05, 0) is 25.2 Å². The van der Waals surface area contributed by atoms with Crippen LogP contribution in [-0.4, -0.2) is 23.7 Å². The highest BCUT2D eigenvalue weighted by atomic mass is 16.3. The van der Waals surface area contributed by atoms with E-state index < -0.39 is 0 Å². The number of aliphatic hydroxyl groups is 1. The quantitative estimate of drug-likeness (QED) is 0.707. The van der Waals surface area contributed by atoms with Gasteiger partial charge in [-0.15, -0.1) is 0 Å². The molecular formula is C12H23NO2. The standard InChI is InChI=1S/C12H23NO2/c1-2-3-8-12(15)13-9-11(14)10-6-4-5-7-10/h10-11,14H,2-9H2,1H3,(H,13,15). The molecule has 0 heterocycles. The summed E-state index contributed by atoms with van der Waals surface area (Å²) in [4.78, 5) is 11.3. The second-order valence-electron chi connectivity index (χ2n) is 4.52. The van der Waals surface area contributed by atoms with E-state index in [4.69, 9.17) is 0 Å². The van der Waals surface area contributed by atoms with E-state index in [1.807, 2.05) is 0 Å². The number of rotatable bonds is 6. The molecule has 0 spiro atoms. The van der Waals surface area contributed by atoms with E-state index in [2.05, 4.69) is 12.2 Å². The van der Waals surface area contributed by atoms with Crippen LogP contribution in [0.25, 0.3) is 0 Å². The van der Waals surface area contributed by atoms with Crippen molar-refractivity contribution in [2.45, 2.75) is 58.0 Å². The van der Waals surface area contributed by atoms with Crippen molar-refractivity contribution in [3.8, 4) is 0 Å². The van der Waals surface area contributed by atoms with Crippen LogP contribution in [0.2, 0.25) is 0 Å². The van der Waals surface area contributed by atoms with Crippen LogP contribution in [0.5, 0.6) is 0 Å². The van der Waals surface area contributed by atoms with E-state index in [9.17, 15) is 9.90 Å². The van der Waals surface area contributed by atoms with Gasteiger partial charge in [0.25, 0.3) is 0 Å². The van der Waals surface area contributed by atoms with E-state index >= 15 is 0 Å². The van der Waals surface area contributed by atoms with Crippen molar-refractivity contribution in [3.05, 3.63) is 0 Å². The molecule has 0 aromatic carbocycles. The highest BCUT2D eigenvalue weighted by Crippen LogP contribution is 2.27. The molecule has 3 nitrogen and oxygen atoms in total. The molecule has 1 unspecified atom stereocenters. The van der Waals surface area contributed by atoms with Crippen LogP contribution in [0.3, 0.4) is 0 Å². The van der Waals surface area contributed by atoms with Gasteiger partial charge < -0.3 is 10.4 Å². The minimum Gasteiger partial charge on any atom is -0.391 e. The zero-order valence-corrected chi connectivity index (χ0v) is 9.67. The van der Waals surface area contributed by atoms with E-state index in [0.29, 0.717) is 18.9 Å². The van der Waals surface area contributed by atoms with Crippen LogP contribution >= 0.6 is 0 Å². The molecule has 1 saturated carbocycles. The van der Waals surface area contributed by atoms with E-state index in [0.717, 1.165) is 25.7 Å². The molecule has 1 amide bonds. The lowest BCUT2D eigenvalue weighted by Gasteiger charge is -2.17. The number of hydrogen-bond donors (Lipinski definition) is 2. The van der Waals surface area contributed by atoms with Crippen molar-refractivity contribution >= 4 is 5.91 Å². The van der Waals surface area contributed by atoms with E-state index in [1.165, 1.54) is 12.8 Å². The Bertz CT molecular complexity index is 188. The maximum absolute atomic E-state index is 11.3. The fourth-order valence-electron chi connectivity index (χ4n) is 2.15. The zero-order valence-electron chi connectivity index (χ0n) is 9.67. The molecule has 0 aromatic rings. The molecule has 15 heavy (non-hydrogen) atoms. The second kappa shape index (κ2) is 6.83. The second-order valence-corrected chi connectivity index (χ2v) is 4.52. The van der Waals surface area contributed by atoms with Crippen LogP contribution < -0.4 is 5.32 Å². The molecule has 0 aliphatic heterocycles. The van der Waals surface area contributed by atoms with Crippen LogP contribution in [0, 0.1) is 5.92 Å². The Labute approximate surface area is 92.3 Å². The van der Waals surface area contributed by atoms with Gasteiger partial charge in [-0.1, -0.05) is 26.2 Å². The Kier molecular flexibility index (Phi) is 5.69. The minimum atomic E-state index is -0.335. The predicted octanol–water partition coefficient (Wildman–Crippen LogP) is 1.84.